The number of benzene rings is 1. The van der Waals surface area contributed by atoms with Crippen molar-refractivity contribution >= 4 is 28.4 Å². The van der Waals surface area contributed by atoms with E-state index in [0.717, 1.165) is 0 Å². The zero-order valence-corrected chi connectivity index (χ0v) is 11.7. The molecule has 18 heavy (non-hydrogen) atoms. The number of hydrogen-bond acceptors (Lipinski definition) is 3. The minimum atomic E-state index is -1.25. The Bertz CT molecular complexity index is 465. The molecule has 100 valence electrons. The lowest BCUT2D eigenvalue weighted by molar-refractivity contribution is -0.144. The van der Waals surface area contributed by atoms with Crippen molar-refractivity contribution in [3.05, 3.63) is 34.6 Å². The highest BCUT2D eigenvalue weighted by molar-refractivity contribution is 7.84. The first-order valence-electron chi connectivity index (χ1n) is 5.30. The van der Waals surface area contributed by atoms with Crippen molar-refractivity contribution in [1.29, 1.82) is 0 Å². The van der Waals surface area contributed by atoms with Gasteiger partial charge in [-0.3, -0.25) is 9.00 Å². The fourth-order valence-electron chi connectivity index (χ4n) is 1.42. The SMILES string of the molecule is COC(=O)C(C)CS(=O)Cc1ccc(F)cc1Cl. The van der Waals surface area contributed by atoms with Gasteiger partial charge in [-0.2, -0.15) is 0 Å². The average Bonchev–Trinajstić information content (AvgIpc) is 2.31. The third-order valence-corrected chi connectivity index (χ3v) is 4.23. The predicted molar refractivity (Wildman–Crippen MR) is 69.3 cm³/mol. The summed E-state index contributed by atoms with van der Waals surface area (Å²) in [5.74, 6) is -0.873. The number of esters is 1. The van der Waals surface area contributed by atoms with Crippen molar-refractivity contribution in [2.45, 2.75) is 12.7 Å². The molecule has 0 aliphatic carbocycles. The highest BCUT2D eigenvalue weighted by Gasteiger charge is 2.17. The van der Waals surface area contributed by atoms with Gasteiger partial charge in [0.2, 0.25) is 0 Å². The van der Waals surface area contributed by atoms with Gasteiger partial charge in [0.05, 0.1) is 18.8 Å². The third kappa shape index (κ3) is 4.38. The molecule has 0 heterocycles. The van der Waals surface area contributed by atoms with Crippen LogP contribution in [0.1, 0.15) is 12.5 Å². The van der Waals surface area contributed by atoms with Gasteiger partial charge >= 0.3 is 5.97 Å². The molecule has 0 aliphatic heterocycles. The Hall–Kier alpha value is -0.940. The van der Waals surface area contributed by atoms with Gasteiger partial charge < -0.3 is 4.74 Å². The molecule has 0 aromatic heterocycles. The standard InChI is InChI=1S/C12H14ClFO3S/c1-8(12(15)17-2)6-18(16)7-9-3-4-10(14)5-11(9)13/h3-5,8H,6-7H2,1-2H3. The van der Waals surface area contributed by atoms with Crippen LogP contribution in [0.2, 0.25) is 5.02 Å². The molecule has 3 nitrogen and oxygen atoms in total. The number of carbonyl (C=O) groups is 1. The van der Waals surface area contributed by atoms with E-state index < -0.39 is 28.5 Å². The van der Waals surface area contributed by atoms with Gasteiger partial charge in [-0.15, -0.1) is 0 Å². The van der Waals surface area contributed by atoms with Crippen molar-refractivity contribution in [3.63, 3.8) is 0 Å². The second-order valence-corrected chi connectivity index (χ2v) is 5.82. The first-order chi connectivity index (χ1) is 8.43. The Balaban J connectivity index is 2.62. The summed E-state index contributed by atoms with van der Waals surface area (Å²) >= 11 is 5.83. The van der Waals surface area contributed by atoms with E-state index in [9.17, 15) is 13.4 Å². The molecule has 1 aromatic carbocycles. The minimum absolute atomic E-state index is 0.195. The molecule has 0 radical (unpaired) electrons. The van der Waals surface area contributed by atoms with Gasteiger partial charge in [0.1, 0.15) is 5.82 Å². The second kappa shape index (κ2) is 6.85. The molecule has 0 bridgehead atoms. The van der Waals surface area contributed by atoms with E-state index in [1.54, 1.807) is 6.92 Å². The third-order valence-electron chi connectivity index (χ3n) is 2.37. The maximum Gasteiger partial charge on any atom is 0.309 e. The van der Waals surface area contributed by atoms with Crippen molar-refractivity contribution in [1.82, 2.24) is 0 Å². The van der Waals surface area contributed by atoms with E-state index in [2.05, 4.69) is 4.74 Å². The minimum Gasteiger partial charge on any atom is -0.469 e. The van der Waals surface area contributed by atoms with Gasteiger partial charge in [0, 0.05) is 21.6 Å². The zero-order chi connectivity index (χ0) is 13.7. The summed E-state index contributed by atoms with van der Waals surface area (Å²) in [6.45, 7) is 1.65. The predicted octanol–water partition coefficient (Wildman–Crippen LogP) is 2.54. The Labute approximate surface area is 113 Å². The molecule has 2 unspecified atom stereocenters. The Morgan fingerprint density at radius 1 is 1.56 bits per heavy atom. The average molecular weight is 293 g/mol. The van der Waals surface area contributed by atoms with Crippen molar-refractivity contribution in [3.8, 4) is 0 Å². The summed E-state index contributed by atoms with van der Waals surface area (Å²) in [4.78, 5) is 11.2. The monoisotopic (exact) mass is 292 g/mol. The van der Waals surface area contributed by atoms with E-state index in [1.807, 2.05) is 0 Å². The lowest BCUT2D eigenvalue weighted by atomic mass is 10.2. The van der Waals surface area contributed by atoms with Gasteiger partial charge in [0.25, 0.3) is 0 Å². The lowest BCUT2D eigenvalue weighted by Crippen LogP contribution is -2.20. The van der Waals surface area contributed by atoms with Crippen LogP contribution in [0.25, 0.3) is 0 Å². The maximum atomic E-state index is 12.8. The highest BCUT2D eigenvalue weighted by Crippen LogP contribution is 2.19. The zero-order valence-electron chi connectivity index (χ0n) is 10.1. The molecule has 2 atom stereocenters. The number of rotatable bonds is 5. The van der Waals surface area contributed by atoms with Gasteiger partial charge in [-0.05, 0) is 17.7 Å². The van der Waals surface area contributed by atoms with Crippen LogP contribution >= 0.6 is 11.6 Å². The molecular weight excluding hydrogens is 279 g/mol. The first kappa shape index (κ1) is 15.1. The lowest BCUT2D eigenvalue weighted by Gasteiger charge is -2.09. The van der Waals surface area contributed by atoms with Crippen molar-refractivity contribution < 1.29 is 18.1 Å². The molecule has 0 fully saturated rings. The Kier molecular flexibility index (Phi) is 5.75. The van der Waals surface area contributed by atoms with Crippen LogP contribution in [0.5, 0.6) is 0 Å². The number of methoxy groups -OCH3 is 1. The van der Waals surface area contributed by atoms with Gasteiger partial charge in [0.15, 0.2) is 0 Å². The molecular formula is C12H14ClFO3S. The molecule has 1 rings (SSSR count). The fourth-order valence-corrected chi connectivity index (χ4v) is 3.14. The van der Waals surface area contributed by atoms with Crippen LogP contribution in [0.4, 0.5) is 4.39 Å². The Morgan fingerprint density at radius 3 is 2.78 bits per heavy atom. The molecule has 0 spiro atoms. The van der Waals surface area contributed by atoms with Crippen LogP contribution in [0, 0.1) is 11.7 Å². The molecule has 6 heteroatoms. The summed E-state index contributed by atoms with van der Waals surface area (Å²) in [5.41, 5.74) is 0.605. The highest BCUT2D eigenvalue weighted by atomic mass is 35.5. The quantitative estimate of drug-likeness (QED) is 0.783. The largest absolute Gasteiger partial charge is 0.469 e. The fraction of sp³-hybridized carbons (Fsp3) is 0.417. The topological polar surface area (TPSA) is 43.4 Å². The molecule has 0 saturated heterocycles. The number of ether oxygens (including phenoxy) is 1. The summed E-state index contributed by atoms with van der Waals surface area (Å²) in [6, 6.07) is 3.94. The molecule has 0 N–H and O–H groups in total. The number of halogens is 2. The molecule has 1 aromatic rings. The van der Waals surface area contributed by atoms with E-state index in [0.29, 0.717) is 5.56 Å². The summed E-state index contributed by atoms with van der Waals surface area (Å²) < 4.78 is 29.2. The van der Waals surface area contributed by atoms with Gasteiger partial charge in [-0.1, -0.05) is 24.6 Å². The van der Waals surface area contributed by atoms with Crippen LogP contribution in [-0.2, 0) is 26.1 Å². The van der Waals surface area contributed by atoms with Crippen molar-refractivity contribution in [2.24, 2.45) is 5.92 Å². The molecule has 0 amide bonds. The van der Waals surface area contributed by atoms with Crippen molar-refractivity contribution in [2.75, 3.05) is 12.9 Å². The Morgan fingerprint density at radius 2 is 2.22 bits per heavy atom. The number of carbonyl (C=O) groups excluding carboxylic acids is 1. The van der Waals surface area contributed by atoms with E-state index in [-0.39, 0.29) is 16.5 Å². The van der Waals surface area contributed by atoms with E-state index >= 15 is 0 Å². The second-order valence-electron chi connectivity index (χ2n) is 3.91. The normalized spacial score (nSPS) is 14.0. The summed E-state index contributed by atoms with van der Waals surface area (Å²) in [6.07, 6.45) is 0. The van der Waals surface area contributed by atoms with Crippen LogP contribution in [-0.4, -0.2) is 23.0 Å². The maximum absolute atomic E-state index is 12.8. The van der Waals surface area contributed by atoms with E-state index in [4.69, 9.17) is 11.6 Å². The number of hydrogen-bond donors (Lipinski definition) is 0. The van der Waals surface area contributed by atoms with Crippen LogP contribution in [0.15, 0.2) is 18.2 Å². The van der Waals surface area contributed by atoms with Crippen LogP contribution in [0.3, 0.4) is 0 Å². The summed E-state index contributed by atoms with van der Waals surface area (Å²) in [7, 11) is 0.0424. The molecule has 0 saturated carbocycles. The summed E-state index contributed by atoms with van der Waals surface area (Å²) in [5, 5.41) is 0.245. The smallest absolute Gasteiger partial charge is 0.309 e. The molecule has 0 aliphatic rings. The first-order valence-corrected chi connectivity index (χ1v) is 7.17. The van der Waals surface area contributed by atoms with Gasteiger partial charge in [-0.25, -0.2) is 4.39 Å². The van der Waals surface area contributed by atoms with Crippen LogP contribution < -0.4 is 0 Å². The van der Waals surface area contributed by atoms with E-state index in [1.165, 1.54) is 25.3 Å².